The summed E-state index contributed by atoms with van der Waals surface area (Å²) in [5, 5.41) is 2.95. The Morgan fingerprint density at radius 2 is 2.40 bits per heavy atom. The zero-order valence-corrected chi connectivity index (χ0v) is 8.23. The normalized spacial score (nSPS) is 17.6. The first-order valence-electron chi connectivity index (χ1n) is 4.88. The molecule has 0 bridgehead atoms. The molecular formula is C10H12N2O3. The smallest absolute Gasteiger partial charge is 0.296 e. The van der Waals surface area contributed by atoms with Crippen LogP contribution in [0.3, 0.4) is 0 Å². The lowest BCUT2D eigenvalue weighted by Crippen LogP contribution is -2.39. The van der Waals surface area contributed by atoms with E-state index in [0.29, 0.717) is 6.54 Å². The first kappa shape index (κ1) is 9.92. The molecule has 0 unspecified atom stereocenters. The van der Waals surface area contributed by atoms with Crippen LogP contribution in [0.15, 0.2) is 22.8 Å². The summed E-state index contributed by atoms with van der Waals surface area (Å²) in [6.07, 6.45) is 2.20. The van der Waals surface area contributed by atoms with Crippen LogP contribution < -0.4 is 5.32 Å². The van der Waals surface area contributed by atoms with Crippen LogP contribution in [0.5, 0.6) is 0 Å². The summed E-state index contributed by atoms with van der Waals surface area (Å²) in [7, 11) is 0. The lowest BCUT2D eigenvalue weighted by Gasteiger charge is -2.16. The average molecular weight is 208 g/mol. The second kappa shape index (κ2) is 4.27. The van der Waals surface area contributed by atoms with Crippen molar-refractivity contribution in [3.63, 3.8) is 0 Å². The minimum absolute atomic E-state index is 0.200. The van der Waals surface area contributed by atoms with Gasteiger partial charge in [-0.15, -0.1) is 0 Å². The lowest BCUT2D eigenvalue weighted by molar-refractivity contribution is -0.127. The third-order valence-corrected chi connectivity index (χ3v) is 2.29. The first-order chi connectivity index (χ1) is 7.29. The second-order valence-corrected chi connectivity index (χ2v) is 3.36. The van der Waals surface area contributed by atoms with Crippen LogP contribution in [-0.2, 0) is 4.79 Å². The van der Waals surface area contributed by atoms with Gasteiger partial charge in [-0.3, -0.25) is 14.5 Å². The number of carbonyl (C=O) groups is 2. The van der Waals surface area contributed by atoms with Crippen molar-refractivity contribution in [3.05, 3.63) is 24.2 Å². The highest BCUT2D eigenvalue weighted by molar-refractivity contribution is 6.03. The number of rotatable bonds is 1. The molecule has 2 amide bonds. The Labute approximate surface area is 87.0 Å². The van der Waals surface area contributed by atoms with Gasteiger partial charge in [0, 0.05) is 6.54 Å². The van der Waals surface area contributed by atoms with Gasteiger partial charge in [0.05, 0.1) is 12.8 Å². The molecule has 5 heteroatoms. The first-order valence-corrected chi connectivity index (χ1v) is 4.88. The molecule has 1 aromatic heterocycles. The van der Waals surface area contributed by atoms with Crippen molar-refractivity contribution in [2.45, 2.75) is 6.42 Å². The SMILES string of the molecule is O=C1CNCCCN1C(=O)c1ccco1. The number of amides is 2. The Kier molecular flexibility index (Phi) is 2.82. The molecule has 5 nitrogen and oxygen atoms in total. The molecule has 80 valence electrons. The standard InChI is InChI=1S/C10H12N2O3/c13-9-7-11-4-2-5-12(9)10(14)8-3-1-6-15-8/h1,3,6,11H,2,4-5,7H2. The van der Waals surface area contributed by atoms with Gasteiger partial charge in [-0.1, -0.05) is 0 Å². The maximum Gasteiger partial charge on any atom is 0.296 e. The summed E-state index contributed by atoms with van der Waals surface area (Å²) in [6, 6.07) is 3.20. The van der Waals surface area contributed by atoms with E-state index >= 15 is 0 Å². The third-order valence-electron chi connectivity index (χ3n) is 2.29. The summed E-state index contributed by atoms with van der Waals surface area (Å²) in [4.78, 5) is 24.6. The van der Waals surface area contributed by atoms with E-state index in [4.69, 9.17) is 4.42 Å². The number of nitrogens with one attached hydrogen (secondary N) is 1. The van der Waals surface area contributed by atoms with Gasteiger partial charge in [-0.05, 0) is 25.1 Å². The molecule has 1 fully saturated rings. The van der Waals surface area contributed by atoms with Crippen LogP contribution in [0, 0.1) is 0 Å². The van der Waals surface area contributed by atoms with Crippen molar-refractivity contribution >= 4 is 11.8 Å². The molecule has 0 spiro atoms. The van der Waals surface area contributed by atoms with Gasteiger partial charge < -0.3 is 9.73 Å². The molecule has 1 saturated heterocycles. The lowest BCUT2D eigenvalue weighted by atomic mass is 10.3. The fraction of sp³-hybridized carbons (Fsp3) is 0.400. The molecule has 15 heavy (non-hydrogen) atoms. The molecule has 1 aliphatic rings. The number of hydrogen-bond acceptors (Lipinski definition) is 4. The molecule has 1 N–H and O–H groups in total. The molecular weight excluding hydrogens is 196 g/mol. The van der Waals surface area contributed by atoms with E-state index in [1.54, 1.807) is 12.1 Å². The van der Waals surface area contributed by atoms with Crippen molar-refractivity contribution in [1.82, 2.24) is 10.2 Å². The Hall–Kier alpha value is -1.62. The largest absolute Gasteiger partial charge is 0.459 e. The van der Waals surface area contributed by atoms with Crippen molar-refractivity contribution in [3.8, 4) is 0 Å². The Bertz CT molecular complexity index is 359. The molecule has 2 heterocycles. The number of nitrogens with zero attached hydrogens (tertiary/aromatic N) is 1. The van der Waals surface area contributed by atoms with Crippen LogP contribution in [0.1, 0.15) is 17.0 Å². The molecule has 0 aromatic carbocycles. The van der Waals surface area contributed by atoms with Gasteiger partial charge in [0.25, 0.3) is 5.91 Å². The van der Waals surface area contributed by atoms with E-state index in [1.807, 2.05) is 0 Å². The van der Waals surface area contributed by atoms with Crippen LogP contribution in [0.2, 0.25) is 0 Å². The average Bonchev–Trinajstić information content (AvgIpc) is 2.68. The molecule has 1 aromatic rings. The Morgan fingerprint density at radius 1 is 1.53 bits per heavy atom. The third kappa shape index (κ3) is 2.07. The highest BCUT2D eigenvalue weighted by Gasteiger charge is 2.25. The quantitative estimate of drug-likeness (QED) is 0.671. The van der Waals surface area contributed by atoms with Crippen molar-refractivity contribution in [2.75, 3.05) is 19.6 Å². The molecule has 0 saturated carbocycles. The summed E-state index contributed by atoms with van der Waals surface area (Å²) in [6.45, 7) is 1.42. The van der Waals surface area contributed by atoms with Gasteiger partial charge in [-0.2, -0.15) is 0 Å². The van der Waals surface area contributed by atoms with E-state index in [1.165, 1.54) is 11.2 Å². The molecule has 1 aliphatic heterocycles. The molecule has 0 aliphatic carbocycles. The predicted molar refractivity (Wildman–Crippen MR) is 52.2 cm³/mol. The zero-order chi connectivity index (χ0) is 10.7. The summed E-state index contributed by atoms with van der Waals surface area (Å²) >= 11 is 0. The van der Waals surface area contributed by atoms with Crippen LogP contribution in [-0.4, -0.2) is 36.3 Å². The maximum absolute atomic E-state index is 11.8. The van der Waals surface area contributed by atoms with Crippen LogP contribution >= 0.6 is 0 Å². The molecule has 2 rings (SSSR count). The Balaban J connectivity index is 2.14. The van der Waals surface area contributed by atoms with E-state index < -0.39 is 0 Å². The minimum atomic E-state index is -0.353. The van der Waals surface area contributed by atoms with Gasteiger partial charge in [0.15, 0.2) is 5.76 Å². The predicted octanol–water partition coefficient (Wildman–Crippen LogP) is 0.242. The molecule has 0 radical (unpaired) electrons. The summed E-state index contributed by atoms with van der Waals surface area (Å²) in [5.74, 6) is -0.340. The fourth-order valence-electron chi connectivity index (χ4n) is 1.53. The van der Waals surface area contributed by atoms with Crippen molar-refractivity contribution < 1.29 is 14.0 Å². The minimum Gasteiger partial charge on any atom is -0.459 e. The highest BCUT2D eigenvalue weighted by atomic mass is 16.3. The van der Waals surface area contributed by atoms with Crippen LogP contribution in [0.4, 0.5) is 0 Å². The summed E-state index contributed by atoms with van der Waals surface area (Å²) < 4.78 is 4.97. The number of furan rings is 1. The number of carbonyl (C=O) groups excluding carboxylic acids is 2. The van der Waals surface area contributed by atoms with E-state index in [0.717, 1.165) is 13.0 Å². The van der Waals surface area contributed by atoms with Crippen molar-refractivity contribution in [1.29, 1.82) is 0 Å². The van der Waals surface area contributed by atoms with Gasteiger partial charge in [0.1, 0.15) is 0 Å². The van der Waals surface area contributed by atoms with Crippen LogP contribution in [0.25, 0.3) is 0 Å². The van der Waals surface area contributed by atoms with Gasteiger partial charge in [-0.25, -0.2) is 0 Å². The number of hydrogen-bond donors (Lipinski definition) is 1. The van der Waals surface area contributed by atoms with Gasteiger partial charge in [0.2, 0.25) is 5.91 Å². The maximum atomic E-state index is 11.8. The Morgan fingerprint density at radius 3 is 3.13 bits per heavy atom. The monoisotopic (exact) mass is 208 g/mol. The fourth-order valence-corrected chi connectivity index (χ4v) is 1.53. The van der Waals surface area contributed by atoms with E-state index in [2.05, 4.69) is 5.32 Å². The second-order valence-electron chi connectivity index (χ2n) is 3.36. The topological polar surface area (TPSA) is 62.6 Å². The summed E-state index contributed by atoms with van der Waals surface area (Å²) in [5.41, 5.74) is 0. The van der Waals surface area contributed by atoms with Gasteiger partial charge >= 0.3 is 0 Å². The molecule has 0 atom stereocenters. The highest BCUT2D eigenvalue weighted by Crippen LogP contribution is 2.07. The van der Waals surface area contributed by atoms with Crippen molar-refractivity contribution in [2.24, 2.45) is 0 Å². The zero-order valence-electron chi connectivity index (χ0n) is 8.23. The number of imide groups is 1. The van der Waals surface area contributed by atoms with E-state index in [9.17, 15) is 9.59 Å². The van der Waals surface area contributed by atoms with E-state index in [-0.39, 0.29) is 24.1 Å².